The van der Waals surface area contributed by atoms with Gasteiger partial charge < -0.3 is 4.90 Å². The molecule has 1 aliphatic carbocycles. The second-order valence-electron chi connectivity index (χ2n) is 3.98. The molecule has 1 amide bonds. The van der Waals surface area contributed by atoms with Gasteiger partial charge in [-0.05, 0) is 18.9 Å². The molecule has 5 heteroatoms. The van der Waals surface area contributed by atoms with Crippen LogP contribution in [0, 0.1) is 11.3 Å². The van der Waals surface area contributed by atoms with E-state index in [2.05, 4.69) is 11.2 Å². The molecule has 1 fully saturated rings. The molecule has 0 saturated heterocycles. The molecule has 1 aromatic rings. The van der Waals surface area contributed by atoms with Crippen molar-refractivity contribution in [3.05, 3.63) is 18.0 Å². The maximum Gasteiger partial charge on any atom is 0.272 e. The van der Waals surface area contributed by atoms with E-state index in [1.807, 2.05) is 0 Å². The van der Waals surface area contributed by atoms with Crippen LogP contribution in [0.5, 0.6) is 0 Å². The van der Waals surface area contributed by atoms with Gasteiger partial charge in [-0.15, -0.1) is 0 Å². The summed E-state index contributed by atoms with van der Waals surface area (Å²) >= 11 is 0. The fourth-order valence-corrected chi connectivity index (χ4v) is 1.74. The summed E-state index contributed by atoms with van der Waals surface area (Å²) in [6, 6.07) is 4.12. The number of carbonyl (C=O) groups is 1. The molecule has 0 unspecified atom stereocenters. The predicted molar refractivity (Wildman–Crippen MR) is 57.5 cm³/mol. The minimum Gasteiger partial charge on any atom is -0.333 e. The largest absolute Gasteiger partial charge is 0.333 e. The van der Waals surface area contributed by atoms with Crippen LogP contribution in [-0.4, -0.2) is 33.2 Å². The van der Waals surface area contributed by atoms with Crippen LogP contribution >= 0.6 is 0 Å². The zero-order valence-electron chi connectivity index (χ0n) is 9.26. The highest BCUT2D eigenvalue weighted by molar-refractivity contribution is 5.92. The van der Waals surface area contributed by atoms with Crippen molar-refractivity contribution in [2.45, 2.75) is 25.3 Å². The summed E-state index contributed by atoms with van der Waals surface area (Å²) in [5, 5.41) is 12.6. The molecule has 1 aromatic heterocycles. The summed E-state index contributed by atoms with van der Waals surface area (Å²) in [7, 11) is 1.75. The Morgan fingerprint density at radius 2 is 2.50 bits per heavy atom. The smallest absolute Gasteiger partial charge is 0.272 e. The molecule has 1 aliphatic rings. The Hall–Kier alpha value is -1.83. The molecule has 1 heterocycles. The Balaban J connectivity index is 2.11. The number of rotatable bonds is 4. The molecule has 0 spiro atoms. The third-order valence-electron chi connectivity index (χ3n) is 2.75. The Morgan fingerprint density at radius 1 is 1.75 bits per heavy atom. The molecule has 0 N–H and O–H groups in total. The zero-order valence-corrected chi connectivity index (χ0v) is 9.26. The van der Waals surface area contributed by atoms with Crippen LogP contribution in [0.4, 0.5) is 0 Å². The molecule has 1 saturated carbocycles. The lowest BCUT2D eigenvalue weighted by Gasteiger charge is -2.20. The van der Waals surface area contributed by atoms with Crippen LogP contribution < -0.4 is 0 Å². The molecule has 16 heavy (non-hydrogen) atoms. The van der Waals surface area contributed by atoms with E-state index in [9.17, 15) is 4.79 Å². The highest BCUT2D eigenvalue weighted by Crippen LogP contribution is 2.28. The Bertz CT molecular complexity index is 427. The fourth-order valence-electron chi connectivity index (χ4n) is 1.74. The normalized spacial score (nSPS) is 14.5. The molecule has 5 nitrogen and oxygen atoms in total. The van der Waals surface area contributed by atoms with Gasteiger partial charge in [0.2, 0.25) is 0 Å². The van der Waals surface area contributed by atoms with Gasteiger partial charge in [-0.25, -0.2) is 0 Å². The number of aromatic nitrogens is 2. The minimum absolute atomic E-state index is 0.0160. The summed E-state index contributed by atoms with van der Waals surface area (Å²) in [4.78, 5) is 14.0. The SMILES string of the molecule is Cn1nccc1C(=O)N(CCC#N)C1CC1. The molecular formula is C11H14N4O. The van der Waals surface area contributed by atoms with E-state index in [1.54, 1.807) is 28.9 Å². The van der Waals surface area contributed by atoms with E-state index < -0.39 is 0 Å². The van der Waals surface area contributed by atoms with Crippen LogP contribution in [0.1, 0.15) is 29.8 Å². The van der Waals surface area contributed by atoms with Gasteiger partial charge in [-0.2, -0.15) is 10.4 Å². The topological polar surface area (TPSA) is 61.9 Å². The lowest BCUT2D eigenvalue weighted by molar-refractivity contribution is 0.0735. The highest BCUT2D eigenvalue weighted by Gasteiger charge is 2.33. The maximum atomic E-state index is 12.2. The average Bonchev–Trinajstić information content (AvgIpc) is 3.01. The first-order valence-corrected chi connectivity index (χ1v) is 5.40. The molecule has 84 valence electrons. The van der Waals surface area contributed by atoms with E-state index in [4.69, 9.17) is 5.26 Å². The number of amides is 1. The number of hydrogen-bond donors (Lipinski definition) is 0. The molecule has 0 radical (unpaired) electrons. The third kappa shape index (κ3) is 2.06. The van der Waals surface area contributed by atoms with Gasteiger partial charge in [0.1, 0.15) is 5.69 Å². The Labute approximate surface area is 94.3 Å². The number of nitriles is 1. The first-order chi connectivity index (χ1) is 7.74. The standard InChI is InChI=1S/C11H14N4O/c1-14-10(5-7-13-14)11(16)15(8-2-6-12)9-3-4-9/h5,7,9H,2-4,8H2,1H3. The van der Waals surface area contributed by atoms with Crippen molar-refractivity contribution in [2.75, 3.05) is 6.54 Å². The summed E-state index contributed by atoms with van der Waals surface area (Å²) in [5.74, 6) is -0.0160. The van der Waals surface area contributed by atoms with E-state index in [0.29, 0.717) is 24.7 Å². The molecule has 2 rings (SSSR count). The van der Waals surface area contributed by atoms with E-state index in [-0.39, 0.29) is 5.91 Å². The fraction of sp³-hybridized carbons (Fsp3) is 0.545. The van der Waals surface area contributed by atoms with Gasteiger partial charge >= 0.3 is 0 Å². The highest BCUT2D eigenvalue weighted by atomic mass is 16.2. The lowest BCUT2D eigenvalue weighted by atomic mass is 10.3. The molecule has 0 aliphatic heterocycles. The van der Waals surface area contributed by atoms with Gasteiger partial charge in [-0.3, -0.25) is 9.48 Å². The van der Waals surface area contributed by atoms with Gasteiger partial charge in [0, 0.05) is 25.8 Å². The van der Waals surface area contributed by atoms with Gasteiger partial charge in [0.05, 0.1) is 12.5 Å². The van der Waals surface area contributed by atoms with Gasteiger partial charge in [-0.1, -0.05) is 0 Å². The first kappa shape index (κ1) is 10.7. The van der Waals surface area contributed by atoms with Gasteiger partial charge in [0.25, 0.3) is 5.91 Å². The van der Waals surface area contributed by atoms with Crippen molar-refractivity contribution in [1.29, 1.82) is 5.26 Å². The number of hydrogen-bond acceptors (Lipinski definition) is 3. The first-order valence-electron chi connectivity index (χ1n) is 5.40. The maximum absolute atomic E-state index is 12.2. The van der Waals surface area contributed by atoms with Crippen molar-refractivity contribution in [1.82, 2.24) is 14.7 Å². The van der Waals surface area contributed by atoms with Gasteiger partial charge in [0.15, 0.2) is 0 Å². The summed E-state index contributed by atoms with van der Waals surface area (Å²) in [6.45, 7) is 0.519. The lowest BCUT2D eigenvalue weighted by Crippen LogP contribution is -2.35. The summed E-state index contributed by atoms with van der Waals surface area (Å²) in [5.41, 5.74) is 0.588. The molecule has 0 bridgehead atoms. The quantitative estimate of drug-likeness (QED) is 0.755. The Morgan fingerprint density at radius 3 is 3.00 bits per heavy atom. The predicted octanol–water partition coefficient (Wildman–Crippen LogP) is 0.938. The van der Waals surface area contributed by atoms with Crippen LogP contribution in [-0.2, 0) is 7.05 Å². The Kier molecular flexibility index (Phi) is 2.91. The minimum atomic E-state index is -0.0160. The number of nitrogens with zero attached hydrogens (tertiary/aromatic N) is 4. The number of aryl methyl sites for hydroxylation is 1. The van der Waals surface area contributed by atoms with Crippen LogP contribution in [0.2, 0.25) is 0 Å². The van der Waals surface area contributed by atoms with Crippen molar-refractivity contribution < 1.29 is 4.79 Å². The monoisotopic (exact) mass is 218 g/mol. The third-order valence-corrected chi connectivity index (χ3v) is 2.75. The summed E-state index contributed by atoms with van der Waals surface area (Å²) < 4.78 is 1.57. The van der Waals surface area contributed by atoms with E-state index >= 15 is 0 Å². The van der Waals surface area contributed by atoms with Crippen molar-refractivity contribution in [3.8, 4) is 6.07 Å². The molecule has 0 atom stereocenters. The van der Waals surface area contributed by atoms with Crippen LogP contribution in [0.15, 0.2) is 12.3 Å². The van der Waals surface area contributed by atoms with Crippen molar-refractivity contribution in [2.24, 2.45) is 7.05 Å². The second kappa shape index (κ2) is 4.35. The van der Waals surface area contributed by atoms with E-state index in [0.717, 1.165) is 12.8 Å². The van der Waals surface area contributed by atoms with E-state index in [1.165, 1.54) is 0 Å². The average molecular weight is 218 g/mol. The number of carbonyl (C=O) groups excluding carboxylic acids is 1. The van der Waals surface area contributed by atoms with Crippen LogP contribution in [0.3, 0.4) is 0 Å². The molecule has 0 aromatic carbocycles. The zero-order chi connectivity index (χ0) is 11.5. The molecular weight excluding hydrogens is 204 g/mol. The second-order valence-corrected chi connectivity index (χ2v) is 3.98. The summed E-state index contributed by atoms with van der Waals surface area (Å²) in [6.07, 6.45) is 4.10. The van der Waals surface area contributed by atoms with Crippen molar-refractivity contribution >= 4 is 5.91 Å². The van der Waals surface area contributed by atoms with Crippen molar-refractivity contribution in [3.63, 3.8) is 0 Å². The van der Waals surface area contributed by atoms with Crippen LogP contribution in [0.25, 0.3) is 0 Å².